The fourth-order valence-electron chi connectivity index (χ4n) is 2.83. The largest absolute Gasteiger partial charge is 0.469 e. The summed E-state index contributed by atoms with van der Waals surface area (Å²) in [5, 5.41) is 9.86. The van der Waals surface area contributed by atoms with Crippen LogP contribution >= 0.6 is 0 Å². The summed E-state index contributed by atoms with van der Waals surface area (Å²) in [4.78, 5) is 15.3. The molecule has 2 rings (SSSR count). The van der Waals surface area contributed by atoms with E-state index in [0.29, 0.717) is 13.0 Å². The first-order valence-corrected chi connectivity index (χ1v) is 8.65. The van der Waals surface area contributed by atoms with Crippen LogP contribution in [0.3, 0.4) is 0 Å². The van der Waals surface area contributed by atoms with Crippen molar-refractivity contribution < 1.29 is 23.1 Å². The van der Waals surface area contributed by atoms with Crippen LogP contribution in [0, 0.1) is 0 Å². The molecule has 8 heteroatoms. The molecular weight excluding hydrogens is 284 g/mol. The Morgan fingerprint density at radius 2 is 1.90 bits per heavy atom. The van der Waals surface area contributed by atoms with Crippen LogP contribution in [0.1, 0.15) is 6.42 Å². The zero-order valence-electron chi connectivity index (χ0n) is 11.7. The Labute approximate surface area is 119 Å². The molecular formula is C12H22N2O5S. The number of sulfone groups is 1. The van der Waals surface area contributed by atoms with Crippen molar-refractivity contribution >= 4 is 15.8 Å². The summed E-state index contributed by atoms with van der Waals surface area (Å²) in [5.74, 6) is -0.291. The standard InChI is InChI=1S/C12H22N2O5S/c1-19-12(16)2-3-13-4-6-14(7-5-13)10-8-20(17,18)9-11(10)15/h10-11,15H,2-9H2,1H3. The minimum Gasteiger partial charge on any atom is -0.469 e. The molecule has 2 heterocycles. The van der Waals surface area contributed by atoms with Gasteiger partial charge in [0.25, 0.3) is 0 Å². The van der Waals surface area contributed by atoms with Gasteiger partial charge in [-0.2, -0.15) is 0 Å². The number of piperazine rings is 1. The molecule has 2 fully saturated rings. The van der Waals surface area contributed by atoms with E-state index in [4.69, 9.17) is 0 Å². The molecule has 7 nitrogen and oxygen atoms in total. The average Bonchev–Trinajstić information content (AvgIpc) is 2.70. The second-order valence-electron chi connectivity index (χ2n) is 5.42. The Morgan fingerprint density at radius 1 is 1.25 bits per heavy atom. The van der Waals surface area contributed by atoms with Crippen LogP contribution in [0.2, 0.25) is 0 Å². The van der Waals surface area contributed by atoms with Gasteiger partial charge in [0.1, 0.15) is 0 Å². The molecule has 2 saturated heterocycles. The monoisotopic (exact) mass is 306 g/mol. The summed E-state index contributed by atoms with van der Waals surface area (Å²) in [5.41, 5.74) is 0. The summed E-state index contributed by atoms with van der Waals surface area (Å²) in [6.07, 6.45) is -0.404. The van der Waals surface area contributed by atoms with E-state index in [1.165, 1.54) is 7.11 Å². The Balaban J connectivity index is 1.78. The molecule has 0 aliphatic carbocycles. The van der Waals surface area contributed by atoms with E-state index in [-0.39, 0.29) is 23.5 Å². The van der Waals surface area contributed by atoms with Gasteiger partial charge in [-0.25, -0.2) is 8.42 Å². The predicted octanol–water partition coefficient (Wildman–Crippen LogP) is -1.67. The van der Waals surface area contributed by atoms with Crippen molar-refractivity contribution in [2.45, 2.75) is 18.6 Å². The lowest BCUT2D eigenvalue weighted by molar-refractivity contribution is -0.141. The molecule has 0 aromatic carbocycles. The van der Waals surface area contributed by atoms with Gasteiger partial charge in [-0.05, 0) is 0 Å². The van der Waals surface area contributed by atoms with Crippen molar-refractivity contribution in [3.63, 3.8) is 0 Å². The van der Waals surface area contributed by atoms with Crippen molar-refractivity contribution in [2.75, 3.05) is 51.3 Å². The van der Waals surface area contributed by atoms with Crippen molar-refractivity contribution in [1.82, 2.24) is 9.80 Å². The summed E-state index contributed by atoms with van der Waals surface area (Å²) >= 11 is 0. The van der Waals surface area contributed by atoms with Crippen molar-refractivity contribution in [3.8, 4) is 0 Å². The molecule has 116 valence electrons. The molecule has 20 heavy (non-hydrogen) atoms. The normalized spacial score (nSPS) is 31.3. The van der Waals surface area contributed by atoms with Gasteiger partial charge in [0, 0.05) is 32.7 Å². The Morgan fingerprint density at radius 3 is 2.40 bits per heavy atom. The number of carbonyl (C=O) groups is 1. The highest BCUT2D eigenvalue weighted by molar-refractivity contribution is 7.91. The second-order valence-corrected chi connectivity index (χ2v) is 7.57. The topological polar surface area (TPSA) is 87.2 Å². The smallest absolute Gasteiger partial charge is 0.306 e. The molecule has 0 saturated carbocycles. The fourth-order valence-corrected chi connectivity index (χ4v) is 4.66. The van der Waals surface area contributed by atoms with Gasteiger partial charge >= 0.3 is 5.97 Å². The molecule has 1 N–H and O–H groups in total. The Hall–Kier alpha value is -0.700. The lowest BCUT2D eigenvalue weighted by Gasteiger charge is -2.38. The number of rotatable bonds is 4. The van der Waals surface area contributed by atoms with Crippen molar-refractivity contribution in [3.05, 3.63) is 0 Å². The Kier molecular flexibility index (Phi) is 5.00. The molecule has 0 aromatic heterocycles. The van der Waals surface area contributed by atoms with Crippen LogP contribution in [-0.4, -0.2) is 92.8 Å². The molecule has 2 atom stereocenters. The second kappa shape index (κ2) is 6.38. The number of methoxy groups -OCH3 is 1. The van der Waals surface area contributed by atoms with Crippen LogP contribution in [0.15, 0.2) is 0 Å². The maximum absolute atomic E-state index is 11.5. The zero-order chi connectivity index (χ0) is 14.8. The SMILES string of the molecule is COC(=O)CCN1CCN(C2CS(=O)(=O)CC2O)CC1. The first-order valence-electron chi connectivity index (χ1n) is 6.83. The first-order chi connectivity index (χ1) is 9.41. The number of hydrogen-bond acceptors (Lipinski definition) is 7. The van der Waals surface area contributed by atoms with Crippen LogP contribution < -0.4 is 0 Å². The van der Waals surface area contributed by atoms with Gasteiger partial charge in [-0.3, -0.25) is 9.69 Å². The summed E-state index contributed by atoms with van der Waals surface area (Å²) in [6.45, 7) is 3.66. The number of aliphatic hydroxyl groups excluding tert-OH is 1. The predicted molar refractivity (Wildman–Crippen MR) is 73.1 cm³/mol. The molecule has 2 unspecified atom stereocenters. The summed E-state index contributed by atoms with van der Waals surface area (Å²) in [7, 11) is -1.72. The van der Waals surface area contributed by atoms with Crippen LogP contribution in [-0.2, 0) is 19.4 Å². The van der Waals surface area contributed by atoms with Crippen LogP contribution in [0.5, 0.6) is 0 Å². The maximum atomic E-state index is 11.5. The van der Waals surface area contributed by atoms with E-state index in [1.54, 1.807) is 0 Å². The molecule has 0 amide bonds. The van der Waals surface area contributed by atoms with Gasteiger partial charge in [0.05, 0.1) is 37.2 Å². The first kappa shape index (κ1) is 15.7. The van der Waals surface area contributed by atoms with Crippen molar-refractivity contribution in [1.29, 1.82) is 0 Å². The van der Waals surface area contributed by atoms with E-state index < -0.39 is 15.9 Å². The van der Waals surface area contributed by atoms with E-state index in [0.717, 1.165) is 26.2 Å². The van der Waals surface area contributed by atoms with E-state index in [9.17, 15) is 18.3 Å². The van der Waals surface area contributed by atoms with Gasteiger partial charge in [-0.1, -0.05) is 0 Å². The fraction of sp³-hybridized carbons (Fsp3) is 0.917. The number of aliphatic hydroxyl groups is 1. The number of carbonyl (C=O) groups excluding carboxylic acids is 1. The lowest BCUT2D eigenvalue weighted by atomic mass is 10.1. The van der Waals surface area contributed by atoms with E-state index in [2.05, 4.69) is 9.64 Å². The van der Waals surface area contributed by atoms with Crippen molar-refractivity contribution in [2.24, 2.45) is 0 Å². The third-order valence-electron chi connectivity index (χ3n) is 4.03. The minimum atomic E-state index is -3.10. The number of hydrogen-bond donors (Lipinski definition) is 1. The lowest BCUT2D eigenvalue weighted by Crippen LogP contribution is -2.53. The summed E-state index contributed by atoms with van der Waals surface area (Å²) in [6, 6.07) is -0.275. The van der Waals surface area contributed by atoms with Gasteiger partial charge in [0.15, 0.2) is 9.84 Å². The van der Waals surface area contributed by atoms with Gasteiger partial charge in [-0.15, -0.1) is 0 Å². The average molecular weight is 306 g/mol. The van der Waals surface area contributed by atoms with Gasteiger partial charge < -0.3 is 14.7 Å². The minimum absolute atomic E-state index is 0.0519. The van der Waals surface area contributed by atoms with E-state index in [1.807, 2.05) is 4.90 Å². The van der Waals surface area contributed by atoms with E-state index >= 15 is 0 Å². The highest BCUT2D eigenvalue weighted by Gasteiger charge is 2.40. The summed E-state index contributed by atoms with van der Waals surface area (Å²) < 4.78 is 27.6. The zero-order valence-corrected chi connectivity index (χ0v) is 12.5. The molecule has 2 aliphatic heterocycles. The highest BCUT2D eigenvalue weighted by atomic mass is 32.2. The maximum Gasteiger partial charge on any atom is 0.306 e. The van der Waals surface area contributed by atoms with Gasteiger partial charge in [0.2, 0.25) is 0 Å². The van der Waals surface area contributed by atoms with Crippen LogP contribution in [0.4, 0.5) is 0 Å². The molecule has 2 aliphatic rings. The molecule has 0 bridgehead atoms. The Bertz CT molecular complexity index is 445. The van der Waals surface area contributed by atoms with Crippen LogP contribution in [0.25, 0.3) is 0 Å². The third-order valence-corrected chi connectivity index (χ3v) is 5.73. The third kappa shape index (κ3) is 3.91. The number of nitrogens with zero attached hydrogens (tertiary/aromatic N) is 2. The number of ether oxygens (including phenoxy) is 1. The molecule has 0 spiro atoms. The highest BCUT2D eigenvalue weighted by Crippen LogP contribution is 2.20. The molecule has 0 radical (unpaired) electrons. The number of esters is 1. The molecule has 0 aromatic rings. The quantitative estimate of drug-likeness (QED) is 0.621.